The summed E-state index contributed by atoms with van der Waals surface area (Å²) in [6.07, 6.45) is 1.33. The van der Waals surface area contributed by atoms with E-state index in [0.717, 1.165) is 0 Å². The number of ether oxygens (including phenoxy) is 1. The summed E-state index contributed by atoms with van der Waals surface area (Å²) in [5, 5.41) is 8.96. The molecule has 0 heterocycles. The fourth-order valence-electron chi connectivity index (χ4n) is 1.48. The van der Waals surface area contributed by atoms with Crippen LogP contribution in [0.25, 0.3) is 0 Å². The Kier molecular flexibility index (Phi) is 3.35. The number of carbonyl (C=O) groups excluding carboxylic acids is 1. The molecular formula is C8H13ClO3. The van der Waals surface area contributed by atoms with Crippen LogP contribution in [0.1, 0.15) is 19.3 Å². The minimum absolute atomic E-state index is 0.124. The molecule has 0 aromatic heterocycles. The maximum Gasteiger partial charge on any atom is 0.308 e. The number of hydrogen-bond donors (Lipinski definition) is 1. The number of methoxy groups -OCH3 is 1. The van der Waals surface area contributed by atoms with E-state index in [1.807, 2.05) is 0 Å². The molecule has 1 saturated carbocycles. The lowest BCUT2D eigenvalue weighted by molar-refractivity contribution is -0.147. The molecule has 0 spiro atoms. The molecule has 0 aromatic carbocycles. The van der Waals surface area contributed by atoms with E-state index < -0.39 is 6.10 Å². The average molecular weight is 193 g/mol. The summed E-state index contributed by atoms with van der Waals surface area (Å²) in [7, 11) is 1.37. The minimum atomic E-state index is -0.465. The number of halogens is 1. The van der Waals surface area contributed by atoms with Crippen molar-refractivity contribution in [3.05, 3.63) is 0 Å². The largest absolute Gasteiger partial charge is 0.469 e. The van der Waals surface area contributed by atoms with Crippen LogP contribution in [0.15, 0.2) is 0 Å². The second kappa shape index (κ2) is 4.10. The molecule has 0 amide bonds. The molecule has 1 rings (SSSR count). The lowest BCUT2D eigenvalue weighted by Crippen LogP contribution is -2.33. The first-order valence-corrected chi connectivity index (χ1v) is 4.48. The highest BCUT2D eigenvalue weighted by Crippen LogP contribution is 2.28. The van der Waals surface area contributed by atoms with Crippen LogP contribution in [0, 0.1) is 5.92 Å². The van der Waals surface area contributed by atoms with Gasteiger partial charge in [-0.2, -0.15) is 0 Å². The van der Waals surface area contributed by atoms with Crippen LogP contribution in [0.4, 0.5) is 0 Å². The van der Waals surface area contributed by atoms with Gasteiger partial charge >= 0.3 is 5.97 Å². The van der Waals surface area contributed by atoms with Crippen molar-refractivity contribution in [2.24, 2.45) is 5.92 Å². The topological polar surface area (TPSA) is 46.5 Å². The summed E-state index contributed by atoms with van der Waals surface area (Å²) in [5.41, 5.74) is 0. The van der Waals surface area contributed by atoms with Crippen molar-refractivity contribution < 1.29 is 14.6 Å². The average Bonchev–Trinajstić information content (AvgIpc) is 2.08. The van der Waals surface area contributed by atoms with Gasteiger partial charge in [-0.05, 0) is 19.3 Å². The third-order valence-electron chi connectivity index (χ3n) is 2.27. The van der Waals surface area contributed by atoms with E-state index in [9.17, 15) is 9.90 Å². The van der Waals surface area contributed by atoms with Crippen molar-refractivity contribution in [3.63, 3.8) is 0 Å². The highest BCUT2D eigenvalue weighted by Gasteiger charge is 2.32. The van der Waals surface area contributed by atoms with Gasteiger partial charge in [0.25, 0.3) is 0 Å². The minimum Gasteiger partial charge on any atom is -0.469 e. The van der Waals surface area contributed by atoms with Crippen molar-refractivity contribution in [3.8, 4) is 0 Å². The molecule has 0 saturated heterocycles. The van der Waals surface area contributed by atoms with Gasteiger partial charge < -0.3 is 9.84 Å². The number of alkyl halides is 1. The molecule has 12 heavy (non-hydrogen) atoms. The number of aliphatic hydroxyl groups excluding tert-OH is 1. The van der Waals surface area contributed by atoms with Gasteiger partial charge in [0.15, 0.2) is 0 Å². The van der Waals surface area contributed by atoms with Crippen molar-refractivity contribution in [2.45, 2.75) is 30.7 Å². The Morgan fingerprint density at radius 3 is 2.75 bits per heavy atom. The molecule has 1 aliphatic rings. The standard InChI is InChI=1S/C8H13ClO3/c1-12-8(11)5-2-3-7(10)6(9)4-5/h5-7,10H,2-4H2,1H3. The van der Waals surface area contributed by atoms with E-state index in [-0.39, 0.29) is 17.3 Å². The molecule has 0 aliphatic heterocycles. The van der Waals surface area contributed by atoms with Gasteiger partial charge in [-0.25, -0.2) is 0 Å². The Hall–Kier alpha value is -0.280. The summed E-state index contributed by atoms with van der Waals surface area (Å²) >= 11 is 5.81. The highest BCUT2D eigenvalue weighted by atomic mass is 35.5. The summed E-state index contributed by atoms with van der Waals surface area (Å²) in [6.45, 7) is 0. The van der Waals surface area contributed by atoms with E-state index in [2.05, 4.69) is 4.74 Å². The number of aliphatic hydroxyl groups is 1. The molecule has 1 N–H and O–H groups in total. The first kappa shape index (κ1) is 9.81. The molecule has 0 aromatic rings. The number of hydrogen-bond acceptors (Lipinski definition) is 3. The zero-order valence-electron chi connectivity index (χ0n) is 7.00. The molecule has 3 atom stereocenters. The molecule has 3 unspecified atom stereocenters. The number of rotatable bonds is 1. The summed E-state index contributed by atoms with van der Waals surface area (Å²) in [6, 6.07) is 0. The van der Waals surface area contributed by atoms with Crippen LogP contribution < -0.4 is 0 Å². The van der Waals surface area contributed by atoms with Crippen molar-refractivity contribution in [1.29, 1.82) is 0 Å². The van der Waals surface area contributed by atoms with Crippen LogP contribution in [-0.2, 0) is 9.53 Å². The second-order valence-corrected chi connectivity index (χ2v) is 3.68. The SMILES string of the molecule is COC(=O)C1CCC(O)C(Cl)C1. The van der Waals surface area contributed by atoms with E-state index in [4.69, 9.17) is 11.6 Å². The van der Waals surface area contributed by atoms with Gasteiger partial charge in [-0.15, -0.1) is 11.6 Å². The van der Waals surface area contributed by atoms with Gasteiger partial charge in [-0.1, -0.05) is 0 Å². The highest BCUT2D eigenvalue weighted by molar-refractivity contribution is 6.21. The lowest BCUT2D eigenvalue weighted by Gasteiger charge is -2.27. The molecule has 0 bridgehead atoms. The fourth-order valence-corrected chi connectivity index (χ4v) is 1.82. The summed E-state index contributed by atoms with van der Waals surface area (Å²) in [5.74, 6) is -0.339. The number of carbonyl (C=O) groups is 1. The van der Waals surface area contributed by atoms with Gasteiger partial charge in [0.1, 0.15) is 0 Å². The predicted octanol–water partition coefficient (Wildman–Crippen LogP) is 0.928. The van der Waals surface area contributed by atoms with E-state index in [1.54, 1.807) is 0 Å². The van der Waals surface area contributed by atoms with E-state index in [0.29, 0.717) is 19.3 Å². The molecular weight excluding hydrogens is 180 g/mol. The Morgan fingerprint density at radius 2 is 2.25 bits per heavy atom. The lowest BCUT2D eigenvalue weighted by atomic mass is 9.87. The Bertz CT molecular complexity index is 172. The first-order chi connectivity index (χ1) is 5.65. The summed E-state index contributed by atoms with van der Waals surface area (Å²) in [4.78, 5) is 11.1. The quantitative estimate of drug-likeness (QED) is 0.497. The maximum absolute atomic E-state index is 11.1. The fraction of sp³-hybridized carbons (Fsp3) is 0.875. The Morgan fingerprint density at radius 1 is 1.58 bits per heavy atom. The first-order valence-electron chi connectivity index (χ1n) is 4.05. The zero-order chi connectivity index (χ0) is 9.14. The Labute approximate surface area is 76.7 Å². The molecule has 70 valence electrons. The zero-order valence-corrected chi connectivity index (χ0v) is 7.75. The molecule has 1 aliphatic carbocycles. The molecule has 0 radical (unpaired) electrons. The summed E-state index contributed by atoms with van der Waals surface area (Å²) < 4.78 is 4.59. The normalized spacial score (nSPS) is 36.1. The van der Waals surface area contributed by atoms with Crippen molar-refractivity contribution in [1.82, 2.24) is 0 Å². The van der Waals surface area contributed by atoms with Gasteiger partial charge in [-0.3, -0.25) is 4.79 Å². The van der Waals surface area contributed by atoms with Crippen LogP contribution in [0.3, 0.4) is 0 Å². The smallest absolute Gasteiger partial charge is 0.308 e. The van der Waals surface area contributed by atoms with Gasteiger partial charge in [0, 0.05) is 0 Å². The van der Waals surface area contributed by atoms with Crippen LogP contribution >= 0.6 is 11.6 Å². The van der Waals surface area contributed by atoms with Crippen molar-refractivity contribution >= 4 is 17.6 Å². The second-order valence-electron chi connectivity index (χ2n) is 3.12. The predicted molar refractivity (Wildman–Crippen MR) is 45.0 cm³/mol. The van der Waals surface area contributed by atoms with Crippen LogP contribution in [-0.4, -0.2) is 29.7 Å². The number of esters is 1. The third-order valence-corrected chi connectivity index (χ3v) is 2.74. The Balaban J connectivity index is 2.45. The van der Waals surface area contributed by atoms with Gasteiger partial charge in [0.2, 0.25) is 0 Å². The van der Waals surface area contributed by atoms with E-state index >= 15 is 0 Å². The molecule has 4 heteroatoms. The van der Waals surface area contributed by atoms with Crippen LogP contribution in [0.5, 0.6) is 0 Å². The maximum atomic E-state index is 11.1. The molecule has 1 fully saturated rings. The van der Waals surface area contributed by atoms with Crippen LogP contribution in [0.2, 0.25) is 0 Å². The third kappa shape index (κ3) is 2.11. The van der Waals surface area contributed by atoms with Crippen molar-refractivity contribution in [2.75, 3.05) is 7.11 Å². The molecule has 3 nitrogen and oxygen atoms in total. The van der Waals surface area contributed by atoms with E-state index in [1.165, 1.54) is 7.11 Å². The monoisotopic (exact) mass is 192 g/mol. The van der Waals surface area contributed by atoms with Gasteiger partial charge in [0.05, 0.1) is 24.5 Å².